The number of nitrogens with zero attached hydrogens (tertiary/aromatic N) is 2. The van der Waals surface area contributed by atoms with Crippen molar-refractivity contribution >= 4 is 23.0 Å². The largest absolute Gasteiger partial charge is 0.354 e. The van der Waals surface area contributed by atoms with Gasteiger partial charge in [0, 0.05) is 23.5 Å². The molecule has 0 bridgehead atoms. The Labute approximate surface area is 155 Å². The van der Waals surface area contributed by atoms with Gasteiger partial charge in [0.2, 0.25) is 0 Å². The summed E-state index contributed by atoms with van der Waals surface area (Å²) in [4.78, 5) is 25.1. The fourth-order valence-electron chi connectivity index (χ4n) is 3.02. The molecule has 4 rings (SSSR count). The van der Waals surface area contributed by atoms with Crippen molar-refractivity contribution in [2.45, 2.75) is 12.2 Å². The zero-order valence-electron chi connectivity index (χ0n) is 14.3. The minimum Gasteiger partial charge on any atom is -0.354 e. The molecule has 1 aliphatic rings. The van der Waals surface area contributed by atoms with Crippen LogP contribution < -0.4 is 4.90 Å². The van der Waals surface area contributed by atoms with Gasteiger partial charge in [-0.25, -0.2) is 0 Å². The van der Waals surface area contributed by atoms with Crippen molar-refractivity contribution < 1.29 is 14.5 Å². The average Bonchev–Trinajstić information content (AvgIpc) is 3.51. The van der Waals surface area contributed by atoms with E-state index in [9.17, 15) is 14.9 Å². The first-order valence-electron chi connectivity index (χ1n) is 8.49. The predicted molar refractivity (Wildman–Crippen MR) is 101 cm³/mol. The number of hydrogen-bond donors (Lipinski definition) is 0. The standard InChI is InChI=1S/C21H16N2O4/c24-21(20-19(27-20)15-11-13-18(14-12-15)23(25)26)22(16-7-3-1-4-8-16)17-9-5-2-6-10-17/h1-14,19-20H/t19-,20-/m1/s1. The SMILES string of the molecule is O=C([C@@H]1O[C@@H]1c1ccc([N+](=O)[O-])cc1)N(c1ccccc1)c1ccccc1. The van der Waals surface area contributed by atoms with Gasteiger partial charge in [0.25, 0.3) is 11.6 Å². The molecule has 0 aromatic heterocycles. The number of para-hydroxylation sites is 2. The van der Waals surface area contributed by atoms with Crippen LogP contribution in [0.5, 0.6) is 0 Å². The topological polar surface area (TPSA) is 76.0 Å². The third-order valence-corrected chi connectivity index (χ3v) is 4.42. The number of nitro groups is 1. The summed E-state index contributed by atoms with van der Waals surface area (Å²) >= 11 is 0. The maximum absolute atomic E-state index is 13.2. The van der Waals surface area contributed by atoms with E-state index in [0.717, 1.165) is 16.9 Å². The Hall–Kier alpha value is -3.51. The highest BCUT2D eigenvalue weighted by Crippen LogP contribution is 2.42. The number of hydrogen-bond acceptors (Lipinski definition) is 4. The van der Waals surface area contributed by atoms with E-state index in [4.69, 9.17) is 4.74 Å². The van der Waals surface area contributed by atoms with Gasteiger partial charge in [-0.2, -0.15) is 0 Å². The van der Waals surface area contributed by atoms with Crippen LogP contribution >= 0.6 is 0 Å². The van der Waals surface area contributed by atoms with Gasteiger partial charge >= 0.3 is 0 Å². The van der Waals surface area contributed by atoms with Crippen molar-refractivity contribution in [2.24, 2.45) is 0 Å². The first kappa shape index (κ1) is 16.9. The lowest BCUT2D eigenvalue weighted by Crippen LogP contribution is -2.30. The lowest BCUT2D eigenvalue weighted by atomic mass is 10.1. The van der Waals surface area contributed by atoms with Crippen LogP contribution in [-0.2, 0) is 9.53 Å². The quantitative estimate of drug-likeness (QED) is 0.384. The number of carbonyl (C=O) groups excluding carboxylic acids is 1. The molecule has 1 amide bonds. The Morgan fingerprint density at radius 2 is 1.37 bits per heavy atom. The van der Waals surface area contributed by atoms with Crippen molar-refractivity contribution in [3.63, 3.8) is 0 Å². The summed E-state index contributed by atoms with van der Waals surface area (Å²) in [5.41, 5.74) is 2.27. The highest BCUT2D eigenvalue weighted by atomic mass is 16.6. The zero-order valence-corrected chi connectivity index (χ0v) is 14.3. The summed E-state index contributed by atoms with van der Waals surface area (Å²) in [6.45, 7) is 0. The summed E-state index contributed by atoms with van der Waals surface area (Å²) in [6, 6.07) is 24.9. The van der Waals surface area contributed by atoms with E-state index in [2.05, 4.69) is 0 Å². The molecular weight excluding hydrogens is 344 g/mol. The van der Waals surface area contributed by atoms with Crippen LogP contribution in [0.2, 0.25) is 0 Å². The second kappa shape index (κ2) is 7.01. The zero-order chi connectivity index (χ0) is 18.8. The van der Waals surface area contributed by atoms with Gasteiger partial charge in [-0.05, 0) is 42.0 Å². The molecule has 1 heterocycles. The number of anilines is 2. The fraction of sp³-hybridized carbons (Fsp3) is 0.0952. The Kier molecular flexibility index (Phi) is 4.40. The Morgan fingerprint density at radius 1 is 0.852 bits per heavy atom. The van der Waals surface area contributed by atoms with Gasteiger partial charge in [-0.3, -0.25) is 19.8 Å². The van der Waals surface area contributed by atoms with E-state index in [1.54, 1.807) is 17.0 Å². The second-order valence-electron chi connectivity index (χ2n) is 6.17. The molecule has 0 radical (unpaired) electrons. The summed E-state index contributed by atoms with van der Waals surface area (Å²) in [5.74, 6) is -0.171. The van der Waals surface area contributed by atoms with Crippen LogP contribution in [0.25, 0.3) is 0 Å². The summed E-state index contributed by atoms with van der Waals surface area (Å²) < 4.78 is 5.63. The van der Waals surface area contributed by atoms with Crippen molar-refractivity contribution in [1.82, 2.24) is 0 Å². The number of amides is 1. The van der Waals surface area contributed by atoms with Gasteiger partial charge in [0.1, 0.15) is 6.10 Å². The molecule has 6 heteroatoms. The molecule has 0 saturated carbocycles. The second-order valence-corrected chi connectivity index (χ2v) is 6.17. The lowest BCUT2D eigenvalue weighted by Gasteiger charge is -2.22. The molecule has 0 N–H and O–H groups in total. The van der Waals surface area contributed by atoms with Gasteiger partial charge in [-0.15, -0.1) is 0 Å². The van der Waals surface area contributed by atoms with Crippen LogP contribution in [0.15, 0.2) is 84.9 Å². The van der Waals surface area contributed by atoms with E-state index < -0.39 is 17.1 Å². The highest BCUT2D eigenvalue weighted by Gasteiger charge is 2.48. The number of epoxide rings is 1. The fourth-order valence-corrected chi connectivity index (χ4v) is 3.02. The smallest absolute Gasteiger partial charge is 0.269 e. The Bertz CT molecular complexity index is 919. The number of nitro benzene ring substituents is 1. The molecule has 1 aliphatic heterocycles. The van der Waals surface area contributed by atoms with E-state index in [1.165, 1.54) is 12.1 Å². The maximum Gasteiger partial charge on any atom is 0.269 e. The lowest BCUT2D eigenvalue weighted by molar-refractivity contribution is -0.384. The van der Waals surface area contributed by atoms with Gasteiger partial charge in [-0.1, -0.05) is 36.4 Å². The molecule has 27 heavy (non-hydrogen) atoms. The molecular formula is C21H16N2O4. The molecule has 134 valence electrons. The summed E-state index contributed by atoms with van der Waals surface area (Å²) in [7, 11) is 0. The molecule has 3 aromatic rings. The van der Waals surface area contributed by atoms with E-state index >= 15 is 0 Å². The Balaban J connectivity index is 1.59. The summed E-state index contributed by atoms with van der Waals surface area (Å²) in [5, 5.41) is 10.8. The van der Waals surface area contributed by atoms with Crippen LogP contribution in [0.4, 0.5) is 17.1 Å². The Morgan fingerprint density at radius 3 is 1.85 bits per heavy atom. The van der Waals surface area contributed by atoms with Crippen LogP contribution in [0.1, 0.15) is 11.7 Å². The van der Waals surface area contributed by atoms with E-state index in [1.807, 2.05) is 60.7 Å². The molecule has 0 aliphatic carbocycles. The van der Waals surface area contributed by atoms with Crippen molar-refractivity contribution in [3.8, 4) is 0 Å². The molecule has 0 unspecified atom stereocenters. The molecule has 0 spiro atoms. The van der Waals surface area contributed by atoms with Gasteiger partial charge in [0.15, 0.2) is 6.10 Å². The number of carbonyl (C=O) groups is 1. The van der Waals surface area contributed by atoms with Crippen molar-refractivity contribution in [3.05, 3.63) is 101 Å². The third kappa shape index (κ3) is 3.43. The number of benzene rings is 3. The first-order chi connectivity index (χ1) is 13.1. The maximum atomic E-state index is 13.2. The molecule has 3 aromatic carbocycles. The van der Waals surface area contributed by atoms with Crippen molar-refractivity contribution in [1.29, 1.82) is 0 Å². The first-order valence-corrected chi connectivity index (χ1v) is 8.49. The van der Waals surface area contributed by atoms with Gasteiger partial charge < -0.3 is 4.74 Å². The predicted octanol–water partition coefficient (Wildman–Crippen LogP) is 4.40. The van der Waals surface area contributed by atoms with Gasteiger partial charge in [0.05, 0.1) is 4.92 Å². The molecule has 6 nitrogen and oxygen atoms in total. The number of ether oxygens (including phenoxy) is 1. The monoisotopic (exact) mass is 360 g/mol. The van der Waals surface area contributed by atoms with Crippen LogP contribution in [-0.4, -0.2) is 16.9 Å². The molecule has 2 atom stereocenters. The third-order valence-electron chi connectivity index (χ3n) is 4.42. The molecule has 1 saturated heterocycles. The average molecular weight is 360 g/mol. The van der Waals surface area contributed by atoms with E-state index in [-0.39, 0.29) is 11.6 Å². The minimum absolute atomic E-state index is 0.0116. The van der Waals surface area contributed by atoms with Crippen LogP contribution in [0, 0.1) is 10.1 Å². The minimum atomic E-state index is -0.619. The molecule has 1 fully saturated rings. The van der Waals surface area contributed by atoms with Crippen molar-refractivity contribution in [2.75, 3.05) is 4.90 Å². The highest BCUT2D eigenvalue weighted by molar-refractivity contribution is 6.04. The van der Waals surface area contributed by atoms with Crippen LogP contribution in [0.3, 0.4) is 0 Å². The normalized spacial score (nSPS) is 17.9. The number of rotatable bonds is 5. The summed E-state index contributed by atoms with van der Waals surface area (Å²) in [6.07, 6.45) is -1.01. The number of non-ortho nitro benzene ring substituents is 1. The van der Waals surface area contributed by atoms with E-state index in [0.29, 0.717) is 0 Å².